The summed E-state index contributed by atoms with van der Waals surface area (Å²) < 4.78 is 0. The summed E-state index contributed by atoms with van der Waals surface area (Å²) in [6, 6.07) is 25.8. The smallest absolute Gasteiger partial charge is 0.0154 e. The van der Waals surface area contributed by atoms with Gasteiger partial charge < -0.3 is 0 Å². The molecule has 0 saturated carbocycles. The molecular formula is C20H18S. The fourth-order valence-electron chi connectivity index (χ4n) is 2.63. The summed E-state index contributed by atoms with van der Waals surface area (Å²) in [5.74, 6) is 0. The molecule has 0 aliphatic carbocycles. The molecule has 0 aromatic heterocycles. The topological polar surface area (TPSA) is 0 Å². The number of hydrogen-bond donors (Lipinski definition) is 0. The van der Waals surface area contributed by atoms with Gasteiger partial charge in [-0.3, -0.25) is 0 Å². The molecule has 0 bridgehead atoms. The molecule has 0 fully saturated rings. The molecule has 0 unspecified atom stereocenters. The van der Waals surface area contributed by atoms with Crippen molar-refractivity contribution in [2.75, 3.05) is 6.26 Å². The Bertz CT molecular complexity index is 731. The summed E-state index contributed by atoms with van der Waals surface area (Å²) in [4.78, 5) is 1.32. The Morgan fingerprint density at radius 1 is 0.667 bits per heavy atom. The van der Waals surface area contributed by atoms with Gasteiger partial charge in [0.2, 0.25) is 0 Å². The third-order valence-corrected chi connectivity index (χ3v) is 4.49. The van der Waals surface area contributed by atoms with Crippen molar-refractivity contribution < 1.29 is 0 Å². The Balaban J connectivity index is 2.16. The van der Waals surface area contributed by atoms with Crippen LogP contribution in [0.4, 0.5) is 0 Å². The van der Waals surface area contributed by atoms with Gasteiger partial charge in [-0.05, 0) is 53.1 Å². The zero-order chi connectivity index (χ0) is 14.7. The molecule has 0 saturated heterocycles. The van der Waals surface area contributed by atoms with E-state index in [4.69, 9.17) is 0 Å². The monoisotopic (exact) mass is 290 g/mol. The first-order valence-electron chi connectivity index (χ1n) is 7.09. The van der Waals surface area contributed by atoms with Gasteiger partial charge in [0.15, 0.2) is 0 Å². The summed E-state index contributed by atoms with van der Waals surface area (Å²) >= 11 is 1.81. The van der Waals surface area contributed by atoms with Gasteiger partial charge in [0.05, 0.1) is 0 Å². The summed E-state index contributed by atoms with van der Waals surface area (Å²) in [6.07, 6.45) is 2.14. The van der Waals surface area contributed by atoms with Gasteiger partial charge in [-0.15, -0.1) is 11.8 Å². The van der Waals surface area contributed by atoms with Crippen LogP contribution in [0.3, 0.4) is 0 Å². The van der Waals surface area contributed by atoms with Crippen LogP contribution >= 0.6 is 11.8 Å². The van der Waals surface area contributed by atoms with E-state index in [1.807, 2.05) is 11.8 Å². The molecule has 0 nitrogen and oxygen atoms in total. The van der Waals surface area contributed by atoms with E-state index < -0.39 is 0 Å². The second-order valence-corrected chi connectivity index (χ2v) is 5.95. The fraction of sp³-hybridized carbons (Fsp3) is 0.100. The van der Waals surface area contributed by atoms with Gasteiger partial charge >= 0.3 is 0 Å². The molecule has 21 heavy (non-hydrogen) atoms. The van der Waals surface area contributed by atoms with E-state index in [0.717, 1.165) is 0 Å². The first kappa shape index (κ1) is 14.0. The number of aryl methyl sites for hydroxylation is 1. The van der Waals surface area contributed by atoms with Gasteiger partial charge in [0.25, 0.3) is 0 Å². The van der Waals surface area contributed by atoms with Crippen molar-refractivity contribution in [3.05, 3.63) is 78.4 Å². The summed E-state index contributed by atoms with van der Waals surface area (Å²) in [7, 11) is 0. The van der Waals surface area contributed by atoms with Gasteiger partial charge in [0, 0.05) is 4.90 Å². The van der Waals surface area contributed by atoms with Crippen LogP contribution in [-0.4, -0.2) is 6.26 Å². The maximum absolute atomic E-state index is 2.32. The van der Waals surface area contributed by atoms with Crippen molar-refractivity contribution in [3.8, 4) is 22.3 Å². The average Bonchev–Trinajstić information content (AvgIpc) is 2.56. The van der Waals surface area contributed by atoms with Crippen LogP contribution in [0.15, 0.2) is 77.7 Å². The quantitative estimate of drug-likeness (QED) is 0.529. The predicted octanol–water partition coefficient (Wildman–Crippen LogP) is 6.05. The zero-order valence-corrected chi connectivity index (χ0v) is 13.2. The minimum Gasteiger partial charge on any atom is -0.129 e. The third kappa shape index (κ3) is 2.88. The summed E-state index contributed by atoms with van der Waals surface area (Å²) in [5.41, 5.74) is 6.52. The second-order valence-electron chi connectivity index (χ2n) is 5.10. The fourth-order valence-corrected chi connectivity index (χ4v) is 3.26. The third-order valence-electron chi connectivity index (χ3n) is 3.72. The van der Waals surface area contributed by atoms with Gasteiger partial charge in [-0.2, -0.15) is 0 Å². The lowest BCUT2D eigenvalue weighted by Crippen LogP contribution is -1.89. The largest absolute Gasteiger partial charge is 0.129 e. The number of hydrogen-bond acceptors (Lipinski definition) is 1. The molecule has 3 rings (SSSR count). The molecule has 0 heterocycles. The van der Waals surface area contributed by atoms with Crippen LogP contribution in [0.2, 0.25) is 0 Å². The minimum atomic E-state index is 1.28. The van der Waals surface area contributed by atoms with Crippen LogP contribution < -0.4 is 0 Å². The van der Waals surface area contributed by atoms with Gasteiger partial charge in [-0.1, -0.05) is 60.7 Å². The molecular weight excluding hydrogens is 272 g/mol. The highest BCUT2D eigenvalue weighted by Crippen LogP contribution is 2.36. The Hall–Kier alpha value is -1.99. The molecule has 0 amide bonds. The normalized spacial score (nSPS) is 10.6. The second kappa shape index (κ2) is 6.19. The van der Waals surface area contributed by atoms with Gasteiger partial charge in [-0.25, -0.2) is 0 Å². The first-order valence-corrected chi connectivity index (χ1v) is 8.31. The first-order chi connectivity index (χ1) is 10.3. The molecule has 0 radical (unpaired) electrons. The lowest BCUT2D eigenvalue weighted by molar-refractivity contribution is 1.37. The van der Waals surface area contributed by atoms with E-state index >= 15 is 0 Å². The predicted molar refractivity (Wildman–Crippen MR) is 93.8 cm³/mol. The lowest BCUT2D eigenvalue weighted by Gasteiger charge is -2.14. The van der Waals surface area contributed by atoms with Crippen LogP contribution in [0, 0.1) is 6.92 Å². The molecule has 0 spiro atoms. The Kier molecular flexibility index (Phi) is 4.12. The van der Waals surface area contributed by atoms with Crippen LogP contribution in [-0.2, 0) is 0 Å². The van der Waals surface area contributed by atoms with E-state index in [1.54, 1.807) is 0 Å². The van der Waals surface area contributed by atoms with Crippen molar-refractivity contribution in [3.63, 3.8) is 0 Å². The van der Waals surface area contributed by atoms with Crippen LogP contribution in [0.5, 0.6) is 0 Å². The molecule has 0 atom stereocenters. The summed E-state index contributed by atoms with van der Waals surface area (Å²) in [6.45, 7) is 2.19. The van der Waals surface area contributed by atoms with Crippen LogP contribution in [0.1, 0.15) is 5.56 Å². The standard InChI is InChI=1S/C20H18S/c1-15-13-19(17-11-7-4-8-12-17)20(21-2)14-18(15)16-9-5-3-6-10-16/h3-14H,1-2H3. The Morgan fingerprint density at radius 2 is 1.19 bits per heavy atom. The van der Waals surface area contributed by atoms with E-state index in [1.165, 1.54) is 32.7 Å². The molecule has 0 aliphatic rings. The van der Waals surface area contributed by atoms with Gasteiger partial charge in [0.1, 0.15) is 0 Å². The van der Waals surface area contributed by atoms with E-state index in [9.17, 15) is 0 Å². The van der Waals surface area contributed by atoms with E-state index in [0.29, 0.717) is 0 Å². The summed E-state index contributed by atoms with van der Waals surface area (Å²) in [5, 5.41) is 0. The molecule has 1 heteroatoms. The maximum Gasteiger partial charge on any atom is 0.0154 e. The number of thioether (sulfide) groups is 1. The van der Waals surface area contributed by atoms with Crippen molar-refractivity contribution in [2.45, 2.75) is 11.8 Å². The molecule has 3 aromatic carbocycles. The van der Waals surface area contributed by atoms with Crippen molar-refractivity contribution in [2.24, 2.45) is 0 Å². The highest BCUT2D eigenvalue weighted by Gasteiger charge is 2.10. The zero-order valence-electron chi connectivity index (χ0n) is 12.3. The highest BCUT2D eigenvalue weighted by molar-refractivity contribution is 7.98. The minimum absolute atomic E-state index is 1.28. The van der Waals surface area contributed by atoms with Crippen LogP contribution in [0.25, 0.3) is 22.3 Å². The molecule has 0 N–H and O–H groups in total. The lowest BCUT2D eigenvalue weighted by atomic mass is 9.95. The molecule has 0 aliphatic heterocycles. The molecule has 3 aromatic rings. The van der Waals surface area contributed by atoms with Crippen molar-refractivity contribution >= 4 is 11.8 Å². The van der Waals surface area contributed by atoms with Crippen molar-refractivity contribution in [1.82, 2.24) is 0 Å². The maximum atomic E-state index is 2.32. The number of benzene rings is 3. The molecule has 104 valence electrons. The van der Waals surface area contributed by atoms with E-state index in [-0.39, 0.29) is 0 Å². The Morgan fingerprint density at radius 3 is 1.71 bits per heavy atom. The highest BCUT2D eigenvalue weighted by atomic mass is 32.2. The SMILES string of the molecule is CSc1cc(-c2ccccc2)c(C)cc1-c1ccccc1. The Labute approximate surface area is 130 Å². The number of rotatable bonds is 3. The average molecular weight is 290 g/mol. The van der Waals surface area contributed by atoms with Crippen molar-refractivity contribution in [1.29, 1.82) is 0 Å². The van der Waals surface area contributed by atoms with E-state index in [2.05, 4.69) is 86.0 Å².